The third kappa shape index (κ3) is 4.21. The Labute approximate surface area is 161 Å². The van der Waals surface area contributed by atoms with Crippen molar-refractivity contribution in [2.75, 3.05) is 44.7 Å². The average Bonchev–Trinajstić information content (AvgIpc) is 3.13. The van der Waals surface area contributed by atoms with Crippen molar-refractivity contribution in [2.24, 2.45) is 0 Å². The van der Waals surface area contributed by atoms with Crippen molar-refractivity contribution < 1.29 is 9.53 Å². The monoisotopic (exact) mass is 365 g/mol. The number of hydrogen-bond acceptors (Lipinski definition) is 5. The van der Waals surface area contributed by atoms with E-state index >= 15 is 0 Å². The van der Waals surface area contributed by atoms with Crippen LogP contribution in [-0.4, -0.2) is 62.1 Å². The lowest BCUT2D eigenvalue weighted by molar-refractivity contribution is -0.123. The maximum absolute atomic E-state index is 11.5. The second kappa shape index (κ2) is 8.21. The number of piperazine rings is 1. The SMILES string of the molecule is CN1CCN(c2ccc(CN3C[C@@H](c4ccccc4)OC3C=O)cc2)CC1. The molecule has 0 amide bonds. The topological polar surface area (TPSA) is 36.0 Å². The predicted molar refractivity (Wildman–Crippen MR) is 107 cm³/mol. The maximum Gasteiger partial charge on any atom is 0.168 e. The van der Waals surface area contributed by atoms with Crippen LogP contribution in [0, 0.1) is 0 Å². The van der Waals surface area contributed by atoms with Crippen molar-refractivity contribution in [2.45, 2.75) is 18.9 Å². The minimum atomic E-state index is -0.479. The molecule has 142 valence electrons. The van der Waals surface area contributed by atoms with Crippen LogP contribution in [0.25, 0.3) is 0 Å². The lowest BCUT2D eigenvalue weighted by Gasteiger charge is -2.34. The normalized spacial score (nSPS) is 24.3. The highest BCUT2D eigenvalue weighted by Crippen LogP contribution is 2.29. The Morgan fingerprint density at radius 1 is 1.00 bits per heavy atom. The fourth-order valence-corrected chi connectivity index (χ4v) is 3.85. The molecule has 0 saturated carbocycles. The molecule has 5 nitrogen and oxygen atoms in total. The van der Waals surface area contributed by atoms with Crippen molar-refractivity contribution in [3.8, 4) is 0 Å². The number of hydrogen-bond donors (Lipinski definition) is 0. The van der Waals surface area contributed by atoms with Gasteiger partial charge >= 0.3 is 0 Å². The molecule has 2 fully saturated rings. The summed E-state index contributed by atoms with van der Waals surface area (Å²) in [5.74, 6) is 0. The minimum Gasteiger partial charge on any atom is -0.369 e. The van der Waals surface area contributed by atoms with E-state index in [2.05, 4.69) is 58.1 Å². The van der Waals surface area contributed by atoms with E-state index in [9.17, 15) is 4.79 Å². The van der Waals surface area contributed by atoms with E-state index in [4.69, 9.17) is 4.74 Å². The molecule has 0 aliphatic carbocycles. The van der Waals surface area contributed by atoms with Crippen LogP contribution in [0.1, 0.15) is 17.2 Å². The van der Waals surface area contributed by atoms with Gasteiger partial charge in [0.1, 0.15) is 0 Å². The van der Waals surface area contributed by atoms with Gasteiger partial charge in [-0.2, -0.15) is 0 Å². The molecule has 2 aromatic rings. The van der Waals surface area contributed by atoms with E-state index in [1.54, 1.807) is 0 Å². The van der Waals surface area contributed by atoms with Gasteiger partial charge < -0.3 is 14.5 Å². The Hall–Kier alpha value is -2.21. The van der Waals surface area contributed by atoms with Crippen molar-refractivity contribution in [3.63, 3.8) is 0 Å². The Kier molecular flexibility index (Phi) is 5.53. The second-order valence-electron chi connectivity index (χ2n) is 7.45. The number of carbonyl (C=O) groups is 1. The zero-order chi connectivity index (χ0) is 18.6. The number of rotatable bonds is 5. The highest BCUT2D eigenvalue weighted by Gasteiger charge is 2.33. The number of aldehydes is 1. The first-order chi connectivity index (χ1) is 13.2. The second-order valence-corrected chi connectivity index (χ2v) is 7.45. The van der Waals surface area contributed by atoms with E-state index in [0.29, 0.717) is 0 Å². The summed E-state index contributed by atoms with van der Waals surface area (Å²) in [5, 5.41) is 0. The highest BCUT2D eigenvalue weighted by atomic mass is 16.5. The predicted octanol–water partition coefficient (Wildman–Crippen LogP) is 2.54. The molecular weight excluding hydrogens is 338 g/mol. The summed E-state index contributed by atoms with van der Waals surface area (Å²) in [6.07, 6.45) is 0.375. The van der Waals surface area contributed by atoms with Gasteiger partial charge in [0.2, 0.25) is 0 Å². The van der Waals surface area contributed by atoms with Crippen LogP contribution < -0.4 is 4.90 Å². The number of likely N-dealkylation sites (N-methyl/N-ethyl adjacent to an activating group) is 1. The fraction of sp³-hybridized carbons (Fsp3) is 0.409. The van der Waals surface area contributed by atoms with E-state index in [-0.39, 0.29) is 6.10 Å². The molecule has 0 spiro atoms. The molecule has 2 saturated heterocycles. The molecule has 0 radical (unpaired) electrons. The summed E-state index contributed by atoms with van der Waals surface area (Å²) >= 11 is 0. The van der Waals surface area contributed by atoms with Crippen LogP contribution in [0.15, 0.2) is 54.6 Å². The third-order valence-electron chi connectivity index (χ3n) is 5.54. The third-order valence-corrected chi connectivity index (χ3v) is 5.54. The first-order valence-electron chi connectivity index (χ1n) is 9.65. The van der Waals surface area contributed by atoms with Crippen LogP contribution in [0.2, 0.25) is 0 Å². The summed E-state index contributed by atoms with van der Waals surface area (Å²) in [7, 11) is 2.17. The van der Waals surface area contributed by atoms with Crippen molar-refractivity contribution in [1.82, 2.24) is 9.80 Å². The standard InChI is InChI=1S/C22H27N3O2/c1-23-11-13-24(14-12-23)20-9-7-18(8-10-20)15-25-16-21(27-22(25)17-26)19-5-3-2-4-6-19/h2-10,17,21-22H,11-16H2,1H3/t21-,22?/m0/s1. The van der Waals surface area contributed by atoms with E-state index in [1.165, 1.54) is 11.3 Å². The van der Waals surface area contributed by atoms with Gasteiger partial charge in [0.25, 0.3) is 0 Å². The Morgan fingerprint density at radius 3 is 2.37 bits per heavy atom. The van der Waals surface area contributed by atoms with Gasteiger partial charge in [-0.15, -0.1) is 0 Å². The van der Waals surface area contributed by atoms with Gasteiger partial charge in [0.15, 0.2) is 12.5 Å². The minimum absolute atomic E-state index is 0.0500. The zero-order valence-electron chi connectivity index (χ0n) is 15.8. The van der Waals surface area contributed by atoms with Gasteiger partial charge in [-0.05, 0) is 30.3 Å². The largest absolute Gasteiger partial charge is 0.369 e. The van der Waals surface area contributed by atoms with Gasteiger partial charge in [0.05, 0.1) is 6.10 Å². The Balaban J connectivity index is 1.40. The molecule has 2 atom stereocenters. The van der Waals surface area contributed by atoms with E-state index < -0.39 is 6.23 Å². The van der Waals surface area contributed by atoms with Crippen molar-refractivity contribution in [3.05, 3.63) is 65.7 Å². The van der Waals surface area contributed by atoms with Gasteiger partial charge in [-0.1, -0.05) is 42.5 Å². The van der Waals surface area contributed by atoms with E-state index in [0.717, 1.165) is 51.1 Å². The molecule has 0 bridgehead atoms. The van der Waals surface area contributed by atoms with Crippen LogP contribution in [0.4, 0.5) is 5.69 Å². The maximum atomic E-state index is 11.5. The summed E-state index contributed by atoms with van der Waals surface area (Å²) in [4.78, 5) is 18.4. The smallest absolute Gasteiger partial charge is 0.168 e. The molecule has 0 N–H and O–H groups in total. The molecule has 0 aromatic heterocycles. The molecule has 27 heavy (non-hydrogen) atoms. The first-order valence-corrected chi connectivity index (χ1v) is 9.65. The Morgan fingerprint density at radius 2 is 1.70 bits per heavy atom. The van der Waals surface area contributed by atoms with Gasteiger partial charge in [-0.3, -0.25) is 9.69 Å². The van der Waals surface area contributed by atoms with Crippen LogP contribution in [0.3, 0.4) is 0 Å². The number of ether oxygens (including phenoxy) is 1. The van der Waals surface area contributed by atoms with Gasteiger partial charge in [-0.25, -0.2) is 0 Å². The highest BCUT2D eigenvalue weighted by molar-refractivity contribution is 5.56. The molecular formula is C22H27N3O2. The van der Waals surface area contributed by atoms with Crippen LogP contribution in [-0.2, 0) is 16.1 Å². The van der Waals surface area contributed by atoms with Crippen LogP contribution in [0.5, 0.6) is 0 Å². The zero-order valence-corrected chi connectivity index (χ0v) is 15.8. The van der Waals surface area contributed by atoms with E-state index in [1.807, 2.05) is 18.2 Å². The molecule has 2 aliphatic heterocycles. The molecule has 2 heterocycles. The van der Waals surface area contributed by atoms with Crippen LogP contribution >= 0.6 is 0 Å². The van der Waals surface area contributed by atoms with Crippen molar-refractivity contribution in [1.29, 1.82) is 0 Å². The van der Waals surface area contributed by atoms with Crippen molar-refractivity contribution >= 4 is 12.0 Å². The summed E-state index contributed by atoms with van der Waals surface area (Å²) in [6.45, 7) is 5.80. The molecule has 2 aromatic carbocycles. The fourth-order valence-electron chi connectivity index (χ4n) is 3.85. The molecule has 5 heteroatoms. The summed E-state index contributed by atoms with van der Waals surface area (Å²) in [6, 6.07) is 18.9. The first kappa shape index (κ1) is 18.2. The lowest BCUT2D eigenvalue weighted by atomic mass is 10.1. The summed E-state index contributed by atoms with van der Waals surface area (Å²) < 4.78 is 5.96. The van der Waals surface area contributed by atoms with Gasteiger partial charge in [0, 0.05) is 45.0 Å². The molecule has 1 unspecified atom stereocenters. The molecule has 4 rings (SSSR count). The number of anilines is 1. The molecule has 2 aliphatic rings. The Bertz CT molecular complexity index is 742. The average molecular weight is 365 g/mol. The number of nitrogens with zero attached hydrogens (tertiary/aromatic N) is 3. The quantitative estimate of drug-likeness (QED) is 0.761. The number of carbonyl (C=O) groups excluding carboxylic acids is 1. The lowest BCUT2D eigenvalue weighted by Crippen LogP contribution is -2.44. The number of benzene rings is 2. The summed E-state index contributed by atoms with van der Waals surface area (Å²) in [5.41, 5.74) is 3.60.